The summed E-state index contributed by atoms with van der Waals surface area (Å²) < 4.78 is 0. The molecule has 34 heavy (non-hydrogen) atoms. The largest absolute Gasteiger partial charge is 0.505 e. The lowest BCUT2D eigenvalue weighted by atomic mass is 10.0. The number of nitrogens with one attached hydrogen (secondary N) is 1. The quantitative estimate of drug-likeness (QED) is 0.251. The number of carbonyl (C=O) groups is 2. The summed E-state index contributed by atoms with van der Waals surface area (Å²) in [6.07, 6.45) is 0. The average Bonchev–Trinajstić information content (AvgIpc) is 2.81. The van der Waals surface area contributed by atoms with Crippen LogP contribution in [0.5, 0.6) is 5.75 Å². The van der Waals surface area contributed by atoms with Gasteiger partial charge in [0.05, 0.1) is 11.3 Å². The number of phenolic OH excluding ortho intramolecular Hbond substituents is 1. The second-order valence-corrected chi connectivity index (χ2v) is 8.07. The van der Waals surface area contributed by atoms with Crippen molar-refractivity contribution in [3.8, 4) is 16.9 Å². The molecule has 7 nitrogen and oxygen atoms in total. The Morgan fingerprint density at radius 1 is 1.00 bits per heavy atom. The second kappa shape index (κ2) is 10.0. The van der Waals surface area contributed by atoms with Crippen LogP contribution in [0, 0.1) is 13.8 Å². The number of hydrogen-bond acceptors (Lipinski definition) is 5. The van der Waals surface area contributed by atoms with Crippen LogP contribution in [0.25, 0.3) is 11.1 Å². The van der Waals surface area contributed by atoms with Gasteiger partial charge in [-0.25, -0.2) is 4.79 Å². The number of anilines is 2. The zero-order valence-electron chi connectivity index (χ0n) is 19.6. The van der Waals surface area contributed by atoms with Crippen molar-refractivity contribution in [1.82, 2.24) is 0 Å². The van der Waals surface area contributed by atoms with E-state index in [1.165, 1.54) is 17.0 Å². The number of carbonyl (C=O) groups excluding carboxylic acids is 1. The van der Waals surface area contributed by atoms with E-state index in [2.05, 4.69) is 17.1 Å². The molecule has 0 saturated heterocycles. The summed E-state index contributed by atoms with van der Waals surface area (Å²) in [6.45, 7) is 9.54. The molecule has 0 unspecified atom stereocenters. The van der Waals surface area contributed by atoms with Crippen LogP contribution < -0.4 is 10.3 Å². The fourth-order valence-corrected chi connectivity index (χ4v) is 3.34. The number of aromatic carboxylic acids is 1. The molecule has 0 atom stereocenters. The molecule has 0 aliphatic carbocycles. The Kier molecular flexibility index (Phi) is 7.16. The minimum Gasteiger partial charge on any atom is -0.505 e. The maximum Gasteiger partial charge on any atom is 0.335 e. The summed E-state index contributed by atoms with van der Waals surface area (Å²) in [5.74, 6) is -1.53. The number of benzene rings is 3. The molecule has 0 aliphatic rings. The van der Waals surface area contributed by atoms with Gasteiger partial charge in [0.25, 0.3) is 5.91 Å². The smallest absolute Gasteiger partial charge is 0.335 e. The molecule has 0 aliphatic heterocycles. The van der Waals surface area contributed by atoms with Crippen LogP contribution in [-0.2, 0) is 4.79 Å². The Labute approximate surface area is 198 Å². The molecule has 7 heteroatoms. The minimum absolute atomic E-state index is 0.109. The molecule has 3 rings (SSSR count). The first-order valence-electron chi connectivity index (χ1n) is 10.6. The summed E-state index contributed by atoms with van der Waals surface area (Å²) in [6, 6.07) is 17.0. The van der Waals surface area contributed by atoms with E-state index in [-0.39, 0.29) is 28.6 Å². The number of nitrogens with zero attached hydrogens (tertiary/aromatic N) is 2. The van der Waals surface area contributed by atoms with Gasteiger partial charge in [-0.3, -0.25) is 10.2 Å². The molecule has 0 saturated carbocycles. The van der Waals surface area contributed by atoms with Crippen molar-refractivity contribution in [2.24, 2.45) is 5.10 Å². The van der Waals surface area contributed by atoms with Crippen molar-refractivity contribution in [2.45, 2.75) is 20.8 Å². The van der Waals surface area contributed by atoms with E-state index in [4.69, 9.17) is 0 Å². The van der Waals surface area contributed by atoms with Crippen molar-refractivity contribution >= 4 is 29.0 Å². The van der Waals surface area contributed by atoms with Crippen LogP contribution in [0.15, 0.2) is 77.9 Å². The van der Waals surface area contributed by atoms with Gasteiger partial charge in [0.2, 0.25) is 0 Å². The second-order valence-electron chi connectivity index (χ2n) is 8.07. The van der Waals surface area contributed by atoms with E-state index in [9.17, 15) is 19.8 Å². The SMILES string of the molecule is C=C(C)/C(=N/Nc1cccc(-c2cccc(C(=O)O)c2)c1O)C(=O)N(C)c1ccc(C)c(C)c1. The summed E-state index contributed by atoms with van der Waals surface area (Å²) in [5, 5.41) is 24.3. The van der Waals surface area contributed by atoms with Gasteiger partial charge < -0.3 is 15.1 Å². The molecule has 0 heterocycles. The number of carboxylic acids is 1. The van der Waals surface area contributed by atoms with E-state index < -0.39 is 5.97 Å². The average molecular weight is 458 g/mol. The lowest BCUT2D eigenvalue weighted by Gasteiger charge is -2.20. The summed E-state index contributed by atoms with van der Waals surface area (Å²) in [7, 11) is 1.67. The summed E-state index contributed by atoms with van der Waals surface area (Å²) in [4.78, 5) is 25.9. The Balaban J connectivity index is 1.91. The van der Waals surface area contributed by atoms with E-state index in [1.807, 2.05) is 32.0 Å². The van der Waals surface area contributed by atoms with Gasteiger partial charge in [0.1, 0.15) is 5.75 Å². The van der Waals surface area contributed by atoms with Crippen LogP contribution in [0.2, 0.25) is 0 Å². The molecule has 174 valence electrons. The van der Waals surface area contributed by atoms with Gasteiger partial charge in [-0.15, -0.1) is 0 Å². The summed E-state index contributed by atoms with van der Waals surface area (Å²) in [5.41, 5.74) is 7.59. The topological polar surface area (TPSA) is 102 Å². The van der Waals surface area contributed by atoms with E-state index in [0.29, 0.717) is 16.7 Å². The van der Waals surface area contributed by atoms with Gasteiger partial charge in [0.15, 0.2) is 5.71 Å². The van der Waals surface area contributed by atoms with E-state index in [0.717, 1.165) is 16.8 Å². The molecule has 0 spiro atoms. The van der Waals surface area contributed by atoms with Crippen LogP contribution in [0.3, 0.4) is 0 Å². The van der Waals surface area contributed by atoms with Crippen molar-refractivity contribution in [3.05, 3.63) is 89.5 Å². The zero-order chi connectivity index (χ0) is 25.0. The van der Waals surface area contributed by atoms with Crippen molar-refractivity contribution in [2.75, 3.05) is 17.4 Å². The Hall–Kier alpha value is -4.39. The first-order chi connectivity index (χ1) is 16.1. The monoisotopic (exact) mass is 457 g/mol. The Morgan fingerprint density at radius 3 is 2.35 bits per heavy atom. The Morgan fingerprint density at radius 2 is 1.71 bits per heavy atom. The van der Waals surface area contributed by atoms with Gasteiger partial charge >= 0.3 is 5.97 Å². The van der Waals surface area contributed by atoms with E-state index >= 15 is 0 Å². The highest BCUT2D eigenvalue weighted by atomic mass is 16.4. The third kappa shape index (κ3) is 5.15. The molecule has 3 aromatic carbocycles. The number of aryl methyl sites for hydroxylation is 2. The third-order valence-corrected chi connectivity index (χ3v) is 5.53. The van der Waals surface area contributed by atoms with Crippen molar-refractivity contribution in [1.29, 1.82) is 0 Å². The van der Waals surface area contributed by atoms with Gasteiger partial charge in [-0.05, 0) is 73.4 Å². The van der Waals surface area contributed by atoms with Gasteiger partial charge in [0, 0.05) is 18.3 Å². The lowest BCUT2D eigenvalue weighted by Crippen LogP contribution is -2.34. The number of para-hydroxylation sites is 1. The molecule has 3 aromatic rings. The molecule has 0 fully saturated rings. The molecule has 0 radical (unpaired) electrons. The van der Waals surface area contributed by atoms with Crippen LogP contribution in [0.4, 0.5) is 11.4 Å². The molecule has 0 aromatic heterocycles. The predicted octanol–water partition coefficient (Wildman–Crippen LogP) is 5.38. The highest BCUT2D eigenvalue weighted by molar-refractivity contribution is 6.49. The summed E-state index contributed by atoms with van der Waals surface area (Å²) >= 11 is 0. The highest BCUT2D eigenvalue weighted by Gasteiger charge is 2.20. The number of carboxylic acid groups (broad SMARTS) is 1. The number of amides is 1. The minimum atomic E-state index is -1.06. The lowest BCUT2D eigenvalue weighted by molar-refractivity contribution is -0.112. The molecule has 3 N–H and O–H groups in total. The first kappa shape index (κ1) is 24.3. The fourth-order valence-electron chi connectivity index (χ4n) is 3.34. The molecular formula is C27H27N3O4. The standard InChI is InChI=1S/C27H27N3O4/c1-16(2)24(26(32)30(5)21-13-12-17(3)18(4)14-21)29-28-23-11-7-10-22(25(23)31)19-8-6-9-20(15-19)27(33)34/h6-15,28,31H,1H2,2-5H3,(H,33,34)/b29-24-. The van der Waals surface area contributed by atoms with Crippen LogP contribution in [-0.4, -0.2) is 34.8 Å². The van der Waals surface area contributed by atoms with Gasteiger partial charge in [-0.2, -0.15) is 5.10 Å². The van der Waals surface area contributed by atoms with Crippen LogP contribution >= 0.6 is 0 Å². The number of rotatable bonds is 7. The van der Waals surface area contributed by atoms with Crippen LogP contribution in [0.1, 0.15) is 28.4 Å². The number of aromatic hydroxyl groups is 1. The predicted molar refractivity (Wildman–Crippen MR) is 136 cm³/mol. The van der Waals surface area contributed by atoms with Crippen molar-refractivity contribution < 1.29 is 19.8 Å². The molecular weight excluding hydrogens is 430 g/mol. The maximum absolute atomic E-state index is 13.2. The van der Waals surface area contributed by atoms with Crippen molar-refractivity contribution in [3.63, 3.8) is 0 Å². The first-order valence-corrected chi connectivity index (χ1v) is 10.6. The molecule has 1 amide bonds. The number of phenols is 1. The molecule has 0 bridgehead atoms. The van der Waals surface area contributed by atoms with Gasteiger partial charge in [-0.1, -0.05) is 36.9 Å². The highest BCUT2D eigenvalue weighted by Crippen LogP contribution is 2.35. The Bertz CT molecular complexity index is 1310. The number of hydrogen-bond donors (Lipinski definition) is 3. The normalized spacial score (nSPS) is 11.1. The number of hydrazone groups is 1. The maximum atomic E-state index is 13.2. The fraction of sp³-hybridized carbons (Fsp3) is 0.148. The zero-order valence-corrected chi connectivity index (χ0v) is 19.6. The van der Waals surface area contributed by atoms with E-state index in [1.54, 1.807) is 44.3 Å². The third-order valence-electron chi connectivity index (χ3n) is 5.53.